The van der Waals surface area contributed by atoms with Crippen molar-refractivity contribution < 1.29 is 0 Å². The molecule has 3 heteroatoms. The first-order valence-electron chi connectivity index (χ1n) is 3.89. The van der Waals surface area contributed by atoms with Gasteiger partial charge in [0.25, 0.3) is 0 Å². The molecule has 0 saturated carbocycles. The summed E-state index contributed by atoms with van der Waals surface area (Å²) in [7, 11) is 0. The highest BCUT2D eigenvalue weighted by atomic mass is 16.2. The highest BCUT2D eigenvalue weighted by Crippen LogP contribution is 2.13. The Bertz CT molecular complexity index is 396. The number of hydrogen-bond acceptors (Lipinski definition) is 3. The number of aromatic nitrogens is 1. The van der Waals surface area contributed by atoms with E-state index in [1.165, 1.54) is 10.9 Å². The summed E-state index contributed by atoms with van der Waals surface area (Å²) in [5.74, 6) is 0. The minimum Gasteiger partial charge on any atom is -0.256 e. The van der Waals surface area contributed by atoms with Crippen LogP contribution in [-0.2, 0) is 0 Å². The van der Waals surface area contributed by atoms with Crippen LogP contribution in [0.2, 0.25) is 0 Å². The summed E-state index contributed by atoms with van der Waals surface area (Å²) in [6.07, 6.45) is 1.84. The Balaban J connectivity index is 0.000000396. The van der Waals surface area contributed by atoms with E-state index in [0.717, 1.165) is 5.52 Å². The summed E-state index contributed by atoms with van der Waals surface area (Å²) in [4.78, 5) is 11.7. The molecule has 0 aliphatic heterocycles. The fraction of sp³-hybridized carbons (Fsp3) is 0.100. The predicted molar refractivity (Wildman–Crippen MR) is 52.6 cm³/mol. The SMILES string of the molecule is Cc1ccnc2ccccc12.N=O. The molecule has 66 valence electrons. The van der Waals surface area contributed by atoms with E-state index in [1.54, 1.807) is 0 Å². The number of pyridine rings is 1. The van der Waals surface area contributed by atoms with Gasteiger partial charge in [0.1, 0.15) is 0 Å². The summed E-state index contributed by atoms with van der Waals surface area (Å²) < 4.78 is 0. The van der Waals surface area contributed by atoms with Gasteiger partial charge in [0.2, 0.25) is 0 Å². The largest absolute Gasteiger partial charge is 0.256 e. The lowest BCUT2D eigenvalue weighted by Gasteiger charge is -1.97. The standard InChI is InChI=1S/C10H9N.HNO/c1-8-6-7-11-10-5-3-2-4-9(8)10;1-2/h2-7H,1H3;1H. The van der Waals surface area contributed by atoms with Crippen molar-refractivity contribution in [2.75, 3.05) is 0 Å². The van der Waals surface area contributed by atoms with Gasteiger partial charge in [-0.25, -0.2) is 0 Å². The molecule has 0 spiro atoms. The highest BCUT2D eigenvalue weighted by Gasteiger charge is 1.93. The second kappa shape index (κ2) is 4.30. The molecular formula is C10H10N2O. The van der Waals surface area contributed by atoms with Crippen LogP contribution in [0.25, 0.3) is 10.9 Å². The molecule has 0 radical (unpaired) electrons. The molecule has 0 aliphatic carbocycles. The van der Waals surface area contributed by atoms with E-state index >= 15 is 0 Å². The average Bonchev–Trinajstić information content (AvgIpc) is 2.22. The lowest BCUT2D eigenvalue weighted by Crippen LogP contribution is -1.79. The summed E-state index contributed by atoms with van der Waals surface area (Å²) in [5, 5.41) is 1.25. The average molecular weight is 174 g/mol. The molecule has 0 fully saturated rings. The fourth-order valence-electron chi connectivity index (χ4n) is 1.24. The van der Waals surface area contributed by atoms with Crippen molar-refractivity contribution in [3.05, 3.63) is 47.0 Å². The van der Waals surface area contributed by atoms with Crippen LogP contribution in [0.3, 0.4) is 0 Å². The molecule has 2 rings (SSSR count). The zero-order valence-corrected chi connectivity index (χ0v) is 7.32. The Kier molecular flexibility index (Phi) is 3.09. The van der Waals surface area contributed by atoms with E-state index in [0.29, 0.717) is 0 Å². The molecule has 1 heterocycles. The van der Waals surface area contributed by atoms with E-state index in [2.05, 4.69) is 23.6 Å². The first-order chi connectivity index (χ1) is 6.38. The molecule has 0 saturated heterocycles. The van der Waals surface area contributed by atoms with Gasteiger partial charge in [-0.05, 0) is 24.6 Å². The molecule has 13 heavy (non-hydrogen) atoms. The molecule has 0 aliphatic rings. The molecule has 2 aromatic rings. The maximum atomic E-state index is 7.50. The zero-order valence-electron chi connectivity index (χ0n) is 7.32. The maximum absolute atomic E-state index is 7.50. The zero-order chi connectivity index (χ0) is 9.68. The smallest absolute Gasteiger partial charge is 0.0704 e. The van der Waals surface area contributed by atoms with Crippen LogP contribution < -0.4 is 0 Å². The van der Waals surface area contributed by atoms with Gasteiger partial charge in [-0.3, -0.25) is 4.98 Å². The summed E-state index contributed by atoms with van der Waals surface area (Å²) in [6.45, 7) is 2.10. The maximum Gasteiger partial charge on any atom is 0.0704 e. The van der Waals surface area contributed by atoms with Crippen molar-refractivity contribution in [1.29, 1.82) is 5.59 Å². The van der Waals surface area contributed by atoms with Gasteiger partial charge in [0.15, 0.2) is 0 Å². The Morgan fingerprint density at radius 2 is 1.85 bits per heavy atom. The van der Waals surface area contributed by atoms with Crippen LogP contribution in [0.1, 0.15) is 5.56 Å². The number of nitrogens with zero attached hydrogens (tertiary/aromatic N) is 1. The minimum absolute atomic E-state index is 1.08. The van der Waals surface area contributed by atoms with Gasteiger partial charge in [-0.1, -0.05) is 23.8 Å². The van der Waals surface area contributed by atoms with Crippen molar-refractivity contribution in [3.63, 3.8) is 0 Å². The molecule has 1 aromatic carbocycles. The van der Waals surface area contributed by atoms with E-state index in [-0.39, 0.29) is 0 Å². The Morgan fingerprint density at radius 1 is 1.15 bits per heavy atom. The van der Waals surface area contributed by atoms with E-state index in [4.69, 9.17) is 4.91 Å². The normalized spacial score (nSPS) is 9.00. The highest BCUT2D eigenvalue weighted by molar-refractivity contribution is 5.81. The quantitative estimate of drug-likeness (QED) is 0.624. The lowest BCUT2D eigenvalue weighted by atomic mass is 10.1. The minimum atomic E-state index is 1.08. The number of nitrogens with one attached hydrogen (secondary N) is 1. The van der Waals surface area contributed by atoms with Crippen molar-refractivity contribution in [1.82, 2.24) is 4.98 Å². The van der Waals surface area contributed by atoms with Crippen LogP contribution in [-0.4, -0.2) is 4.98 Å². The first kappa shape index (κ1) is 9.32. The monoisotopic (exact) mass is 174 g/mol. The van der Waals surface area contributed by atoms with Gasteiger partial charge in [-0.15, -0.1) is 0 Å². The van der Waals surface area contributed by atoms with Crippen LogP contribution in [0.15, 0.2) is 36.5 Å². The number of fused-ring (bicyclic) bond motifs is 1. The van der Waals surface area contributed by atoms with Crippen LogP contribution in [0.5, 0.6) is 0 Å². The summed E-state index contributed by atoms with van der Waals surface area (Å²) in [5.41, 5.74) is 6.86. The number of benzene rings is 1. The van der Waals surface area contributed by atoms with Crippen LogP contribution in [0, 0.1) is 17.4 Å². The first-order valence-corrected chi connectivity index (χ1v) is 3.89. The van der Waals surface area contributed by atoms with Gasteiger partial charge in [0, 0.05) is 11.6 Å². The molecule has 0 amide bonds. The van der Waals surface area contributed by atoms with Gasteiger partial charge >= 0.3 is 0 Å². The summed E-state index contributed by atoms with van der Waals surface area (Å²) >= 11 is 0. The van der Waals surface area contributed by atoms with Gasteiger partial charge in [0.05, 0.1) is 5.52 Å². The third-order valence-corrected chi connectivity index (χ3v) is 1.87. The van der Waals surface area contributed by atoms with Gasteiger partial charge in [-0.2, -0.15) is 4.91 Å². The molecule has 1 aromatic heterocycles. The Morgan fingerprint density at radius 3 is 2.54 bits per heavy atom. The second-order valence-corrected chi connectivity index (χ2v) is 2.64. The fourth-order valence-corrected chi connectivity index (χ4v) is 1.24. The number of para-hydroxylation sites is 1. The predicted octanol–water partition coefficient (Wildman–Crippen LogP) is 2.87. The Labute approximate surface area is 76.2 Å². The molecule has 0 bridgehead atoms. The molecular weight excluding hydrogens is 164 g/mol. The summed E-state index contributed by atoms with van der Waals surface area (Å²) in [6, 6.07) is 10.2. The molecule has 0 atom stereocenters. The van der Waals surface area contributed by atoms with Crippen molar-refractivity contribution >= 4 is 10.9 Å². The molecule has 1 N–H and O–H groups in total. The number of rotatable bonds is 0. The van der Waals surface area contributed by atoms with Crippen molar-refractivity contribution in [2.45, 2.75) is 6.92 Å². The Hall–Kier alpha value is -1.77. The van der Waals surface area contributed by atoms with Crippen molar-refractivity contribution in [2.24, 2.45) is 0 Å². The van der Waals surface area contributed by atoms with Crippen molar-refractivity contribution in [3.8, 4) is 0 Å². The van der Waals surface area contributed by atoms with Crippen LogP contribution >= 0.6 is 0 Å². The second-order valence-electron chi connectivity index (χ2n) is 2.64. The molecule has 3 nitrogen and oxygen atoms in total. The van der Waals surface area contributed by atoms with E-state index in [1.807, 2.05) is 30.5 Å². The third kappa shape index (κ3) is 1.87. The number of aryl methyl sites for hydroxylation is 1. The van der Waals surface area contributed by atoms with E-state index in [9.17, 15) is 0 Å². The number of hydrogen-bond donors (Lipinski definition) is 1. The topological polar surface area (TPSA) is 53.8 Å². The third-order valence-electron chi connectivity index (χ3n) is 1.87. The molecule has 0 unspecified atom stereocenters. The van der Waals surface area contributed by atoms with E-state index < -0.39 is 0 Å². The number of nitroso groups, excluding NO2 is 1. The van der Waals surface area contributed by atoms with Gasteiger partial charge < -0.3 is 0 Å². The lowest BCUT2D eigenvalue weighted by molar-refractivity contribution is 1.37. The van der Waals surface area contributed by atoms with Crippen LogP contribution in [0.4, 0.5) is 0 Å².